The van der Waals surface area contributed by atoms with E-state index in [-0.39, 0.29) is 29.0 Å². The Morgan fingerprint density at radius 3 is 2.29 bits per heavy atom. The summed E-state index contributed by atoms with van der Waals surface area (Å²) in [5, 5.41) is 4.39. The smallest absolute Gasteiger partial charge is 0.373 e. The first-order chi connectivity index (χ1) is 18.1. The van der Waals surface area contributed by atoms with Crippen molar-refractivity contribution in [3.63, 3.8) is 0 Å². The molecule has 2 fully saturated rings. The van der Waals surface area contributed by atoms with Gasteiger partial charge >= 0.3 is 6.18 Å². The van der Waals surface area contributed by atoms with Gasteiger partial charge in [0.25, 0.3) is 0 Å². The number of benzene rings is 1. The molecule has 4 heterocycles. The van der Waals surface area contributed by atoms with E-state index in [0.717, 1.165) is 19.4 Å². The second-order valence-electron chi connectivity index (χ2n) is 9.44. The average Bonchev–Trinajstić information content (AvgIpc) is 3.61. The number of nitrogens with zero attached hydrogens (tertiary/aromatic N) is 6. The molecule has 2 aliphatic rings. The third-order valence-electron chi connectivity index (χ3n) is 6.58. The van der Waals surface area contributed by atoms with Gasteiger partial charge in [-0.2, -0.15) is 18.3 Å². The van der Waals surface area contributed by atoms with Crippen molar-refractivity contribution in [2.24, 2.45) is 0 Å². The van der Waals surface area contributed by atoms with Crippen molar-refractivity contribution in [2.45, 2.75) is 64.3 Å². The van der Waals surface area contributed by atoms with Gasteiger partial charge in [-0.3, -0.25) is 4.68 Å². The summed E-state index contributed by atoms with van der Waals surface area (Å²) in [6.07, 6.45) is 6.90. The van der Waals surface area contributed by atoms with Crippen molar-refractivity contribution < 1.29 is 26.7 Å². The van der Waals surface area contributed by atoms with Gasteiger partial charge in [-0.25, -0.2) is 28.7 Å². The number of hydrogen-bond donors (Lipinski definition) is 0. The molecule has 6 rings (SSSR count). The predicted molar refractivity (Wildman–Crippen MR) is 128 cm³/mol. The molecule has 1 atom stereocenters. The van der Waals surface area contributed by atoms with E-state index < -0.39 is 28.9 Å². The summed E-state index contributed by atoms with van der Waals surface area (Å²) in [7, 11) is 0. The standard InChI is InChI=1S/C15H9F5N4.C11H16N2O/c1-6-7(2)24-14-13(23-6)12(21-5-22-14)11-9(16)3-8(4-10(11)17)15(18,19)20;1-2-6-14-11(3-1)9-7-12-13(8-9)10-4-5-10/h3-5H,1-2H3;7-8,10-11H,1-6H2. The molecule has 1 aliphatic carbocycles. The van der Waals surface area contributed by atoms with E-state index in [0.29, 0.717) is 23.5 Å². The van der Waals surface area contributed by atoms with Crippen LogP contribution >= 0.6 is 0 Å². The summed E-state index contributed by atoms with van der Waals surface area (Å²) in [6.45, 7) is 4.24. The number of aromatic nitrogens is 6. The van der Waals surface area contributed by atoms with Crippen LogP contribution in [0.5, 0.6) is 0 Å². The number of rotatable bonds is 3. The van der Waals surface area contributed by atoms with Gasteiger partial charge in [0.05, 0.1) is 40.9 Å². The van der Waals surface area contributed by atoms with Crippen molar-refractivity contribution in [3.8, 4) is 11.3 Å². The Balaban J connectivity index is 0.000000177. The zero-order valence-electron chi connectivity index (χ0n) is 20.8. The van der Waals surface area contributed by atoms with Crippen molar-refractivity contribution in [3.05, 3.63) is 65.0 Å². The highest BCUT2D eigenvalue weighted by Crippen LogP contribution is 2.37. The Morgan fingerprint density at radius 2 is 1.66 bits per heavy atom. The molecule has 4 aromatic rings. The number of ether oxygens (including phenoxy) is 1. The summed E-state index contributed by atoms with van der Waals surface area (Å²) in [5.41, 5.74) is 0.0772. The summed E-state index contributed by atoms with van der Waals surface area (Å²) < 4.78 is 74.2. The van der Waals surface area contributed by atoms with E-state index in [4.69, 9.17) is 4.74 Å². The number of halogens is 5. The molecule has 1 saturated heterocycles. The van der Waals surface area contributed by atoms with E-state index in [1.807, 2.05) is 6.20 Å². The van der Waals surface area contributed by atoms with E-state index in [1.165, 1.54) is 31.2 Å². The number of aryl methyl sites for hydroxylation is 2. The first-order valence-electron chi connectivity index (χ1n) is 12.3. The minimum absolute atomic E-state index is 0.0122. The maximum Gasteiger partial charge on any atom is 0.416 e. The molecule has 200 valence electrons. The SMILES string of the molecule is Cc1nc2ncnc(-c3c(F)cc(C(F)(F)F)cc3F)c2nc1C.c1nn(C2CC2)cc1C1CCCCO1. The second-order valence-corrected chi connectivity index (χ2v) is 9.44. The van der Waals surface area contributed by atoms with Crippen LogP contribution in [0.25, 0.3) is 22.4 Å². The zero-order chi connectivity index (χ0) is 27.0. The van der Waals surface area contributed by atoms with Crippen LogP contribution in [0, 0.1) is 25.5 Å². The predicted octanol–water partition coefficient (Wildman–Crippen LogP) is 6.46. The Kier molecular flexibility index (Phi) is 7.08. The van der Waals surface area contributed by atoms with Crippen molar-refractivity contribution in [1.82, 2.24) is 29.7 Å². The Labute approximate surface area is 215 Å². The van der Waals surface area contributed by atoms with Gasteiger partial charge in [0.2, 0.25) is 0 Å². The Hall–Kier alpha value is -3.54. The fourth-order valence-corrected chi connectivity index (χ4v) is 4.25. The minimum atomic E-state index is -4.86. The third kappa shape index (κ3) is 5.50. The Bertz CT molecular complexity index is 1440. The minimum Gasteiger partial charge on any atom is -0.373 e. The number of hydrogen-bond acceptors (Lipinski definition) is 6. The summed E-state index contributed by atoms with van der Waals surface area (Å²) in [5.74, 6) is -2.77. The lowest BCUT2D eigenvalue weighted by atomic mass is 10.0. The highest BCUT2D eigenvalue weighted by molar-refractivity contribution is 5.87. The molecule has 12 heteroatoms. The largest absolute Gasteiger partial charge is 0.416 e. The molecule has 38 heavy (non-hydrogen) atoms. The van der Waals surface area contributed by atoms with Crippen molar-refractivity contribution in [2.75, 3.05) is 6.61 Å². The van der Waals surface area contributed by atoms with Gasteiger partial charge in [0.1, 0.15) is 29.2 Å². The van der Waals surface area contributed by atoms with E-state index in [9.17, 15) is 22.0 Å². The maximum absolute atomic E-state index is 14.2. The van der Waals surface area contributed by atoms with Gasteiger partial charge in [-0.15, -0.1) is 0 Å². The summed E-state index contributed by atoms with van der Waals surface area (Å²) in [6, 6.07) is 1.13. The first kappa shape index (κ1) is 26.1. The van der Waals surface area contributed by atoms with Crippen LogP contribution in [-0.4, -0.2) is 36.3 Å². The average molecular weight is 533 g/mol. The van der Waals surface area contributed by atoms with E-state index in [2.05, 4.69) is 35.9 Å². The molecule has 0 bridgehead atoms. The van der Waals surface area contributed by atoms with Crippen LogP contribution in [0.15, 0.2) is 30.9 Å². The Morgan fingerprint density at radius 1 is 0.947 bits per heavy atom. The fraction of sp³-hybridized carbons (Fsp3) is 0.423. The summed E-state index contributed by atoms with van der Waals surface area (Å²) in [4.78, 5) is 16.0. The lowest BCUT2D eigenvalue weighted by Gasteiger charge is -2.21. The second kappa shape index (κ2) is 10.3. The van der Waals surface area contributed by atoms with Gasteiger partial charge < -0.3 is 4.74 Å². The van der Waals surface area contributed by atoms with E-state index >= 15 is 0 Å². The monoisotopic (exact) mass is 532 g/mol. The third-order valence-corrected chi connectivity index (χ3v) is 6.58. The maximum atomic E-state index is 14.2. The molecule has 0 radical (unpaired) electrons. The van der Waals surface area contributed by atoms with Crippen LogP contribution < -0.4 is 0 Å². The lowest BCUT2D eigenvalue weighted by Crippen LogP contribution is -2.10. The molecule has 1 unspecified atom stereocenters. The topological polar surface area (TPSA) is 78.6 Å². The molecule has 0 amide bonds. The zero-order valence-corrected chi connectivity index (χ0v) is 20.8. The molecule has 0 spiro atoms. The molecule has 3 aromatic heterocycles. The quantitative estimate of drug-likeness (QED) is 0.282. The molecule has 1 aliphatic heterocycles. The highest BCUT2D eigenvalue weighted by Gasteiger charge is 2.33. The highest BCUT2D eigenvalue weighted by atomic mass is 19.4. The first-order valence-corrected chi connectivity index (χ1v) is 12.3. The molecule has 7 nitrogen and oxygen atoms in total. The summed E-state index contributed by atoms with van der Waals surface area (Å²) >= 11 is 0. The molecular weight excluding hydrogens is 507 g/mol. The lowest BCUT2D eigenvalue weighted by molar-refractivity contribution is -0.138. The number of alkyl halides is 3. The molecule has 1 aromatic carbocycles. The van der Waals surface area contributed by atoms with Gasteiger partial charge in [0, 0.05) is 18.4 Å². The van der Waals surface area contributed by atoms with Crippen LogP contribution in [0.4, 0.5) is 22.0 Å². The van der Waals surface area contributed by atoms with Crippen LogP contribution in [-0.2, 0) is 10.9 Å². The molecular formula is C26H25F5N6O. The van der Waals surface area contributed by atoms with Crippen LogP contribution in [0.1, 0.15) is 66.8 Å². The van der Waals surface area contributed by atoms with Gasteiger partial charge in [-0.1, -0.05) is 0 Å². The van der Waals surface area contributed by atoms with Crippen LogP contribution in [0.3, 0.4) is 0 Å². The fourth-order valence-electron chi connectivity index (χ4n) is 4.25. The molecule has 0 N–H and O–H groups in total. The molecule has 1 saturated carbocycles. The van der Waals surface area contributed by atoms with Gasteiger partial charge in [-0.05, 0) is 58.1 Å². The normalized spacial score (nSPS) is 17.8. The number of fused-ring (bicyclic) bond motifs is 1. The van der Waals surface area contributed by atoms with Crippen molar-refractivity contribution >= 4 is 11.2 Å². The van der Waals surface area contributed by atoms with E-state index in [1.54, 1.807) is 13.8 Å². The van der Waals surface area contributed by atoms with Gasteiger partial charge in [0.15, 0.2) is 5.65 Å². The van der Waals surface area contributed by atoms with Crippen LogP contribution in [0.2, 0.25) is 0 Å². The van der Waals surface area contributed by atoms with Crippen molar-refractivity contribution in [1.29, 1.82) is 0 Å².